The van der Waals surface area contributed by atoms with Crippen LogP contribution in [0.15, 0.2) is 48.8 Å². The Morgan fingerprint density at radius 3 is 3.05 bits per heavy atom. The lowest BCUT2D eigenvalue weighted by molar-refractivity contribution is 0.102. The number of fused-ring (bicyclic) bond motifs is 1. The Morgan fingerprint density at radius 2 is 2.18 bits per heavy atom. The molecule has 6 nitrogen and oxygen atoms in total. The zero-order chi connectivity index (χ0) is 15.4. The van der Waals surface area contributed by atoms with Crippen molar-refractivity contribution in [3.63, 3.8) is 0 Å². The van der Waals surface area contributed by atoms with Crippen LogP contribution >= 0.6 is 0 Å². The minimum Gasteiger partial charge on any atom is -0.377 e. The second-order valence-corrected chi connectivity index (χ2v) is 4.75. The number of hydrogen-bond donors (Lipinski definition) is 1. The maximum atomic E-state index is 12.4. The molecule has 0 aliphatic heterocycles. The second kappa shape index (κ2) is 6.36. The first-order chi connectivity index (χ1) is 10.8. The Bertz CT molecular complexity index is 797. The Balaban J connectivity index is 1.79. The maximum absolute atomic E-state index is 12.4. The van der Waals surface area contributed by atoms with Gasteiger partial charge in [-0.25, -0.2) is 0 Å². The van der Waals surface area contributed by atoms with Gasteiger partial charge in [-0.15, -0.1) is 0 Å². The summed E-state index contributed by atoms with van der Waals surface area (Å²) in [5, 5.41) is 11.0. The third-order valence-electron chi connectivity index (χ3n) is 3.21. The van der Waals surface area contributed by atoms with Gasteiger partial charge in [0, 0.05) is 18.5 Å². The number of carbonyl (C=O) groups excluding carboxylic acids is 1. The lowest BCUT2D eigenvalue weighted by atomic mass is 10.2. The molecule has 1 aromatic carbocycles. The third kappa shape index (κ3) is 2.96. The summed E-state index contributed by atoms with van der Waals surface area (Å²) in [6, 6.07) is 11.2. The quantitative estimate of drug-likeness (QED) is 0.785. The molecule has 0 fully saturated rings. The molecular weight excluding hydrogens is 280 g/mol. The van der Waals surface area contributed by atoms with Crippen molar-refractivity contribution < 1.29 is 9.53 Å². The Morgan fingerprint density at radius 1 is 1.27 bits per heavy atom. The van der Waals surface area contributed by atoms with Crippen LogP contribution in [0.2, 0.25) is 0 Å². The van der Waals surface area contributed by atoms with Gasteiger partial charge in [-0.3, -0.25) is 4.79 Å². The van der Waals surface area contributed by atoms with E-state index in [1.165, 1.54) is 10.8 Å². The van der Waals surface area contributed by atoms with Gasteiger partial charge in [0.05, 0.1) is 18.4 Å². The SMILES string of the molecule is CCOCc1cccc(NC(=O)c2cnn3ncccc23)c1. The molecular formula is C16H16N4O2. The monoisotopic (exact) mass is 296 g/mol. The van der Waals surface area contributed by atoms with Crippen LogP contribution in [0.1, 0.15) is 22.8 Å². The highest BCUT2D eigenvalue weighted by atomic mass is 16.5. The molecule has 1 N–H and O–H groups in total. The molecule has 0 spiro atoms. The molecule has 0 aliphatic carbocycles. The first-order valence-electron chi connectivity index (χ1n) is 7.05. The molecule has 0 bridgehead atoms. The topological polar surface area (TPSA) is 68.5 Å². The average molecular weight is 296 g/mol. The molecule has 0 aliphatic rings. The molecule has 3 rings (SSSR count). The summed E-state index contributed by atoms with van der Waals surface area (Å²) in [6.07, 6.45) is 3.14. The first-order valence-corrected chi connectivity index (χ1v) is 7.05. The summed E-state index contributed by atoms with van der Waals surface area (Å²) in [6.45, 7) is 3.14. The number of nitrogens with zero attached hydrogens (tertiary/aromatic N) is 3. The van der Waals surface area contributed by atoms with Gasteiger partial charge in [0.25, 0.3) is 5.91 Å². The molecule has 0 radical (unpaired) electrons. The number of nitrogens with one attached hydrogen (secondary N) is 1. The van der Waals surface area contributed by atoms with Crippen molar-refractivity contribution in [2.24, 2.45) is 0 Å². The van der Waals surface area contributed by atoms with Crippen molar-refractivity contribution in [1.82, 2.24) is 14.8 Å². The van der Waals surface area contributed by atoms with E-state index < -0.39 is 0 Å². The molecule has 22 heavy (non-hydrogen) atoms. The molecule has 0 saturated heterocycles. The van der Waals surface area contributed by atoms with E-state index in [9.17, 15) is 4.79 Å². The van der Waals surface area contributed by atoms with E-state index >= 15 is 0 Å². The fraction of sp³-hybridized carbons (Fsp3) is 0.188. The average Bonchev–Trinajstić information content (AvgIpc) is 2.97. The van der Waals surface area contributed by atoms with Gasteiger partial charge in [-0.1, -0.05) is 12.1 Å². The zero-order valence-electron chi connectivity index (χ0n) is 12.2. The van der Waals surface area contributed by atoms with E-state index in [1.807, 2.05) is 31.2 Å². The van der Waals surface area contributed by atoms with Gasteiger partial charge in [0.1, 0.15) is 5.52 Å². The normalized spacial score (nSPS) is 10.8. The minimum absolute atomic E-state index is 0.212. The van der Waals surface area contributed by atoms with Gasteiger partial charge >= 0.3 is 0 Å². The highest BCUT2D eigenvalue weighted by Crippen LogP contribution is 2.15. The van der Waals surface area contributed by atoms with Crippen LogP contribution in [0.3, 0.4) is 0 Å². The van der Waals surface area contributed by atoms with Gasteiger partial charge < -0.3 is 10.1 Å². The molecule has 0 unspecified atom stereocenters. The van der Waals surface area contributed by atoms with Crippen molar-refractivity contribution in [3.05, 3.63) is 59.9 Å². The summed E-state index contributed by atoms with van der Waals surface area (Å²) >= 11 is 0. The number of benzene rings is 1. The fourth-order valence-electron chi connectivity index (χ4n) is 2.16. The van der Waals surface area contributed by atoms with Crippen molar-refractivity contribution in [1.29, 1.82) is 0 Å². The van der Waals surface area contributed by atoms with Gasteiger partial charge in [-0.2, -0.15) is 14.8 Å². The Labute approximate surface area is 127 Å². The van der Waals surface area contributed by atoms with Crippen LogP contribution in [0.4, 0.5) is 5.69 Å². The highest BCUT2D eigenvalue weighted by molar-refractivity contribution is 6.08. The first kappa shape index (κ1) is 14.2. The van der Waals surface area contributed by atoms with Crippen LogP contribution < -0.4 is 5.32 Å². The summed E-state index contributed by atoms with van der Waals surface area (Å²) in [5.41, 5.74) is 2.90. The lowest BCUT2D eigenvalue weighted by Crippen LogP contribution is -2.12. The highest BCUT2D eigenvalue weighted by Gasteiger charge is 2.13. The third-order valence-corrected chi connectivity index (χ3v) is 3.21. The van der Waals surface area contributed by atoms with Gasteiger partial charge in [0.2, 0.25) is 0 Å². The number of anilines is 1. The van der Waals surface area contributed by atoms with Gasteiger partial charge in [-0.05, 0) is 36.8 Å². The smallest absolute Gasteiger partial charge is 0.259 e. The fourth-order valence-corrected chi connectivity index (χ4v) is 2.16. The van der Waals surface area contributed by atoms with Crippen molar-refractivity contribution >= 4 is 17.1 Å². The van der Waals surface area contributed by atoms with Crippen LogP contribution in [0.5, 0.6) is 0 Å². The summed E-state index contributed by atoms with van der Waals surface area (Å²) in [4.78, 5) is 12.4. The van der Waals surface area contributed by atoms with E-state index in [4.69, 9.17) is 4.74 Å². The number of ether oxygens (including phenoxy) is 1. The zero-order valence-corrected chi connectivity index (χ0v) is 12.2. The Hall–Kier alpha value is -2.73. The summed E-state index contributed by atoms with van der Waals surface area (Å²) in [5.74, 6) is -0.212. The number of rotatable bonds is 5. The summed E-state index contributed by atoms with van der Waals surface area (Å²) in [7, 11) is 0. The minimum atomic E-state index is -0.212. The maximum Gasteiger partial charge on any atom is 0.259 e. The molecule has 1 amide bonds. The van der Waals surface area contributed by atoms with Crippen LogP contribution in [0, 0.1) is 0 Å². The molecule has 112 valence electrons. The van der Waals surface area contributed by atoms with Crippen molar-refractivity contribution in [2.75, 3.05) is 11.9 Å². The number of amides is 1. The molecule has 0 saturated carbocycles. The molecule has 2 heterocycles. The molecule has 0 atom stereocenters. The van der Waals surface area contributed by atoms with Crippen molar-refractivity contribution in [3.8, 4) is 0 Å². The lowest BCUT2D eigenvalue weighted by Gasteiger charge is -2.07. The number of carbonyl (C=O) groups is 1. The predicted octanol–water partition coefficient (Wildman–Crippen LogP) is 2.52. The number of hydrogen-bond acceptors (Lipinski definition) is 4. The Kier molecular flexibility index (Phi) is 4.11. The van der Waals surface area contributed by atoms with E-state index in [0.717, 1.165) is 11.3 Å². The van der Waals surface area contributed by atoms with E-state index in [0.29, 0.717) is 24.3 Å². The molecule has 2 aromatic heterocycles. The van der Waals surface area contributed by atoms with E-state index in [1.54, 1.807) is 18.3 Å². The summed E-state index contributed by atoms with van der Waals surface area (Å²) < 4.78 is 6.81. The van der Waals surface area contributed by atoms with Crippen LogP contribution in [-0.4, -0.2) is 27.3 Å². The molecule has 3 aromatic rings. The second-order valence-electron chi connectivity index (χ2n) is 4.75. The van der Waals surface area contributed by atoms with E-state index in [2.05, 4.69) is 15.5 Å². The molecule has 6 heteroatoms. The standard InChI is InChI=1S/C16H16N4O2/c1-2-22-11-12-5-3-6-13(9-12)19-16(21)14-10-18-20-15(14)7-4-8-17-20/h3-10H,2,11H2,1H3,(H,19,21). The van der Waals surface area contributed by atoms with Crippen molar-refractivity contribution in [2.45, 2.75) is 13.5 Å². The van der Waals surface area contributed by atoms with Crippen LogP contribution in [-0.2, 0) is 11.3 Å². The van der Waals surface area contributed by atoms with Gasteiger partial charge in [0.15, 0.2) is 0 Å². The number of aromatic nitrogens is 3. The van der Waals surface area contributed by atoms with E-state index in [-0.39, 0.29) is 5.91 Å². The predicted molar refractivity (Wildman–Crippen MR) is 82.7 cm³/mol. The largest absolute Gasteiger partial charge is 0.377 e. The van der Waals surface area contributed by atoms with Crippen LogP contribution in [0.25, 0.3) is 5.52 Å².